The van der Waals surface area contributed by atoms with Gasteiger partial charge < -0.3 is 11.1 Å². The maximum atomic E-state index is 12.3. The van der Waals surface area contributed by atoms with E-state index in [1.54, 1.807) is 0 Å². The highest BCUT2D eigenvalue weighted by atomic mass is 32.1. The van der Waals surface area contributed by atoms with Crippen LogP contribution in [-0.4, -0.2) is 12.5 Å². The van der Waals surface area contributed by atoms with Gasteiger partial charge in [0.15, 0.2) is 0 Å². The molecule has 1 amide bonds. The largest absolute Gasteiger partial charge is 0.321 e. The Morgan fingerprint density at radius 3 is 3.00 bits per heavy atom. The zero-order valence-electron chi connectivity index (χ0n) is 11.3. The lowest BCUT2D eigenvalue weighted by atomic mass is 10.1. The number of rotatable bonds is 3. The SMILES string of the molecule is CCc1cccc(NC(=O)c2sccc2C#CCN)c1. The molecule has 0 atom stereocenters. The Labute approximate surface area is 122 Å². The lowest BCUT2D eigenvalue weighted by molar-refractivity contribution is 0.103. The van der Waals surface area contributed by atoms with Crippen LogP contribution >= 0.6 is 11.3 Å². The number of benzene rings is 1. The summed E-state index contributed by atoms with van der Waals surface area (Å²) in [7, 11) is 0. The number of carbonyl (C=O) groups is 1. The summed E-state index contributed by atoms with van der Waals surface area (Å²) in [5.41, 5.74) is 8.08. The minimum absolute atomic E-state index is 0.130. The second kappa shape index (κ2) is 6.90. The molecule has 0 spiro atoms. The van der Waals surface area contributed by atoms with E-state index >= 15 is 0 Å². The lowest BCUT2D eigenvalue weighted by Crippen LogP contribution is -2.11. The molecule has 0 aliphatic heterocycles. The zero-order valence-corrected chi connectivity index (χ0v) is 12.1. The molecule has 0 saturated heterocycles. The van der Waals surface area contributed by atoms with Crippen LogP contribution in [0.2, 0.25) is 0 Å². The molecule has 0 aliphatic rings. The Bertz CT molecular complexity index is 664. The van der Waals surface area contributed by atoms with Crippen molar-refractivity contribution in [2.24, 2.45) is 5.73 Å². The van der Waals surface area contributed by atoms with Crippen molar-refractivity contribution >= 4 is 22.9 Å². The third-order valence-corrected chi connectivity index (χ3v) is 3.70. The predicted molar refractivity (Wildman–Crippen MR) is 84.0 cm³/mol. The Morgan fingerprint density at radius 1 is 1.40 bits per heavy atom. The first-order valence-electron chi connectivity index (χ1n) is 6.41. The second-order valence-electron chi connectivity index (χ2n) is 4.18. The Hall–Kier alpha value is -2.09. The van der Waals surface area contributed by atoms with E-state index in [0.29, 0.717) is 4.88 Å². The predicted octanol–water partition coefficient (Wildman–Crippen LogP) is 2.87. The summed E-state index contributed by atoms with van der Waals surface area (Å²) >= 11 is 1.38. The average Bonchev–Trinajstić information content (AvgIpc) is 2.93. The molecule has 0 aliphatic carbocycles. The third kappa shape index (κ3) is 3.47. The van der Waals surface area contributed by atoms with Crippen LogP contribution in [0.3, 0.4) is 0 Å². The van der Waals surface area contributed by atoms with Crippen molar-refractivity contribution < 1.29 is 4.79 Å². The van der Waals surface area contributed by atoms with E-state index in [1.165, 1.54) is 16.9 Å². The number of anilines is 1. The summed E-state index contributed by atoms with van der Waals surface area (Å²) in [4.78, 5) is 12.9. The maximum Gasteiger partial charge on any atom is 0.267 e. The highest BCUT2D eigenvalue weighted by Gasteiger charge is 2.12. The number of carbonyl (C=O) groups excluding carboxylic acids is 1. The number of aryl methyl sites for hydroxylation is 1. The molecule has 1 aromatic carbocycles. The number of hydrogen-bond donors (Lipinski definition) is 2. The van der Waals surface area contributed by atoms with Gasteiger partial charge in [0.25, 0.3) is 5.91 Å². The molecular weight excluding hydrogens is 268 g/mol. The van der Waals surface area contributed by atoms with E-state index in [-0.39, 0.29) is 12.5 Å². The number of hydrogen-bond acceptors (Lipinski definition) is 3. The smallest absolute Gasteiger partial charge is 0.267 e. The monoisotopic (exact) mass is 284 g/mol. The van der Waals surface area contributed by atoms with E-state index in [9.17, 15) is 4.79 Å². The third-order valence-electron chi connectivity index (χ3n) is 2.79. The molecule has 1 aromatic heterocycles. The zero-order chi connectivity index (χ0) is 14.4. The number of thiophene rings is 1. The topological polar surface area (TPSA) is 55.1 Å². The van der Waals surface area contributed by atoms with Gasteiger partial charge in [0.2, 0.25) is 0 Å². The molecule has 3 N–H and O–H groups in total. The van der Waals surface area contributed by atoms with Crippen molar-refractivity contribution in [3.05, 3.63) is 51.7 Å². The molecule has 20 heavy (non-hydrogen) atoms. The van der Waals surface area contributed by atoms with Crippen molar-refractivity contribution in [2.75, 3.05) is 11.9 Å². The van der Waals surface area contributed by atoms with Gasteiger partial charge in [-0.15, -0.1) is 11.3 Å². The van der Waals surface area contributed by atoms with Gasteiger partial charge in [-0.05, 0) is 35.6 Å². The van der Waals surface area contributed by atoms with Gasteiger partial charge in [-0.25, -0.2) is 0 Å². The van der Waals surface area contributed by atoms with Crippen molar-refractivity contribution in [3.63, 3.8) is 0 Å². The molecule has 0 radical (unpaired) electrons. The van der Waals surface area contributed by atoms with Crippen LogP contribution in [0.25, 0.3) is 0 Å². The fraction of sp³-hybridized carbons (Fsp3) is 0.188. The number of nitrogens with two attached hydrogens (primary N) is 1. The van der Waals surface area contributed by atoms with Crippen molar-refractivity contribution in [1.82, 2.24) is 0 Å². The van der Waals surface area contributed by atoms with Gasteiger partial charge in [0, 0.05) is 11.3 Å². The molecule has 3 nitrogen and oxygen atoms in total. The maximum absolute atomic E-state index is 12.3. The van der Waals surface area contributed by atoms with Crippen LogP contribution < -0.4 is 11.1 Å². The first-order chi connectivity index (χ1) is 9.74. The number of nitrogens with one attached hydrogen (secondary N) is 1. The summed E-state index contributed by atoms with van der Waals surface area (Å²) in [5, 5.41) is 4.77. The second-order valence-corrected chi connectivity index (χ2v) is 5.09. The summed E-state index contributed by atoms with van der Waals surface area (Å²) in [6.45, 7) is 2.37. The van der Waals surface area contributed by atoms with Crippen molar-refractivity contribution in [3.8, 4) is 11.8 Å². The summed E-state index contributed by atoms with van der Waals surface area (Å²) < 4.78 is 0. The van der Waals surface area contributed by atoms with E-state index in [4.69, 9.17) is 5.73 Å². The number of amides is 1. The minimum atomic E-state index is -0.130. The van der Waals surface area contributed by atoms with Gasteiger partial charge in [-0.3, -0.25) is 4.79 Å². The molecule has 2 rings (SSSR count). The lowest BCUT2D eigenvalue weighted by Gasteiger charge is -2.05. The fourth-order valence-corrected chi connectivity index (χ4v) is 2.53. The van der Waals surface area contributed by atoms with E-state index < -0.39 is 0 Å². The van der Waals surface area contributed by atoms with Crippen molar-refractivity contribution in [1.29, 1.82) is 0 Å². The molecule has 4 heteroatoms. The van der Waals surface area contributed by atoms with E-state index in [2.05, 4.69) is 24.1 Å². The van der Waals surface area contributed by atoms with Gasteiger partial charge in [-0.2, -0.15) is 0 Å². The summed E-state index contributed by atoms with van der Waals surface area (Å²) in [5.74, 6) is 5.56. The standard InChI is InChI=1S/C16H16N2OS/c1-2-12-5-3-7-14(11-12)18-16(19)15-13(6-4-9-17)8-10-20-15/h3,5,7-8,10-11H,2,9,17H2,1H3,(H,18,19). The van der Waals surface area contributed by atoms with Crippen LogP contribution in [0.4, 0.5) is 5.69 Å². The van der Waals surface area contributed by atoms with E-state index in [0.717, 1.165) is 17.7 Å². The van der Waals surface area contributed by atoms with Gasteiger partial charge >= 0.3 is 0 Å². The highest BCUT2D eigenvalue weighted by molar-refractivity contribution is 7.12. The van der Waals surface area contributed by atoms with Crippen LogP contribution in [0.1, 0.15) is 27.7 Å². The minimum Gasteiger partial charge on any atom is -0.321 e. The summed E-state index contributed by atoms with van der Waals surface area (Å²) in [6.07, 6.45) is 0.940. The highest BCUT2D eigenvalue weighted by Crippen LogP contribution is 2.19. The molecule has 1 heterocycles. The van der Waals surface area contributed by atoms with Crippen LogP contribution in [0.5, 0.6) is 0 Å². The molecular formula is C16H16N2OS. The Balaban J connectivity index is 2.18. The molecule has 0 unspecified atom stereocenters. The van der Waals surface area contributed by atoms with Gasteiger partial charge in [-0.1, -0.05) is 30.9 Å². The first kappa shape index (κ1) is 14.3. The first-order valence-corrected chi connectivity index (χ1v) is 7.29. The van der Waals surface area contributed by atoms with Gasteiger partial charge in [0.05, 0.1) is 6.54 Å². The Kier molecular flexibility index (Phi) is 4.94. The molecule has 102 valence electrons. The van der Waals surface area contributed by atoms with Crippen LogP contribution in [0, 0.1) is 11.8 Å². The molecule has 0 bridgehead atoms. The fourth-order valence-electron chi connectivity index (χ4n) is 1.79. The van der Waals surface area contributed by atoms with Crippen molar-refractivity contribution in [2.45, 2.75) is 13.3 Å². The normalized spacial score (nSPS) is 9.70. The van der Waals surface area contributed by atoms with Crippen LogP contribution in [-0.2, 0) is 6.42 Å². The van der Waals surface area contributed by atoms with Crippen LogP contribution in [0.15, 0.2) is 35.7 Å². The molecule has 2 aromatic rings. The average molecular weight is 284 g/mol. The van der Waals surface area contributed by atoms with E-state index in [1.807, 2.05) is 35.7 Å². The Morgan fingerprint density at radius 2 is 2.25 bits per heavy atom. The summed E-state index contributed by atoms with van der Waals surface area (Å²) in [6, 6.07) is 9.69. The quantitative estimate of drug-likeness (QED) is 0.852. The molecule has 0 fully saturated rings. The van der Waals surface area contributed by atoms with Gasteiger partial charge in [0.1, 0.15) is 4.88 Å². The molecule has 0 saturated carbocycles.